The molecule has 0 bridgehead atoms. The third-order valence-corrected chi connectivity index (χ3v) is 2.71. The first-order valence-electron chi connectivity index (χ1n) is 5.54. The molecule has 3 amide bonds. The molecule has 102 valence electrons. The fourth-order valence-corrected chi connectivity index (χ4v) is 1.62. The number of hydrogen-bond donors (Lipinski definition) is 3. The summed E-state index contributed by atoms with van der Waals surface area (Å²) < 4.78 is 0.782. The standard InChI is InChI=1S/C12H14BrN3O3/c1-14-10(17)6-15-11(18)7-16-12(19)8-3-2-4-9(13)5-8/h2-5H,6-7H2,1H3,(H,14,17)(H,15,18)(H,16,19). The van der Waals surface area contributed by atoms with E-state index in [0.717, 1.165) is 4.47 Å². The first-order chi connectivity index (χ1) is 9.02. The molecule has 0 aliphatic heterocycles. The lowest BCUT2D eigenvalue weighted by molar-refractivity contribution is -0.125. The minimum Gasteiger partial charge on any atom is -0.358 e. The molecule has 0 aromatic heterocycles. The largest absolute Gasteiger partial charge is 0.358 e. The highest BCUT2D eigenvalue weighted by Crippen LogP contribution is 2.11. The highest BCUT2D eigenvalue weighted by atomic mass is 79.9. The fourth-order valence-electron chi connectivity index (χ4n) is 1.22. The monoisotopic (exact) mass is 327 g/mol. The second-order valence-electron chi connectivity index (χ2n) is 3.64. The van der Waals surface area contributed by atoms with E-state index in [9.17, 15) is 14.4 Å². The van der Waals surface area contributed by atoms with Gasteiger partial charge in [0.25, 0.3) is 5.91 Å². The molecule has 0 aliphatic rings. The molecule has 19 heavy (non-hydrogen) atoms. The van der Waals surface area contributed by atoms with E-state index in [4.69, 9.17) is 0 Å². The van der Waals surface area contributed by atoms with Crippen molar-refractivity contribution in [3.05, 3.63) is 34.3 Å². The predicted molar refractivity (Wildman–Crippen MR) is 73.6 cm³/mol. The molecule has 7 heteroatoms. The molecular formula is C12H14BrN3O3. The fraction of sp³-hybridized carbons (Fsp3) is 0.250. The van der Waals surface area contributed by atoms with Crippen LogP contribution in [0.15, 0.2) is 28.7 Å². The normalized spacial score (nSPS) is 9.58. The molecule has 1 rings (SSSR count). The summed E-state index contributed by atoms with van der Waals surface area (Å²) in [5, 5.41) is 7.21. The Morgan fingerprint density at radius 3 is 2.42 bits per heavy atom. The molecule has 0 spiro atoms. The molecule has 0 radical (unpaired) electrons. The molecule has 1 aromatic rings. The van der Waals surface area contributed by atoms with Gasteiger partial charge in [-0.25, -0.2) is 0 Å². The van der Waals surface area contributed by atoms with Crippen molar-refractivity contribution in [2.75, 3.05) is 20.1 Å². The van der Waals surface area contributed by atoms with E-state index in [0.29, 0.717) is 5.56 Å². The number of benzene rings is 1. The predicted octanol–water partition coefficient (Wildman–Crippen LogP) is 0.0411. The van der Waals surface area contributed by atoms with Gasteiger partial charge >= 0.3 is 0 Å². The maximum absolute atomic E-state index is 11.7. The molecule has 0 heterocycles. The van der Waals surface area contributed by atoms with Crippen molar-refractivity contribution in [2.24, 2.45) is 0 Å². The smallest absolute Gasteiger partial charge is 0.251 e. The van der Waals surface area contributed by atoms with Gasteiger partial charge in [-0.3, -0.25) is 14.4 Å². The maximum Gasteiger partial charge on any atom is 0.251 e. The van der Waals surface area contributed by atoms with E-state index in [1.165, 1.54) is 7.05 Å². The number of carbonyl (C=O) groups is 3. The molecule has 0 saturated carbocycles. The third kappa shape index (κ3) is 5.52. The van der Waals surface area contributed by atoms with E-state index < -0.39 is 5.91 Å². The highest BCUT2D eigenvalue weighted by Gasteiger charge is 2.08. The van der Waals surface area contributed by atoms with Crippen LogP contribution in [0.3, 0.4) is 0 Å². The second-order valence-corrected chi connectivity index (χ2v) is 4.56. The Labute approximate surface area is 119 Å². The quantitative estimate of drug-likeness (QED) is 0.713. The van der Waals surface area contributed by atoms with Crippen molar-refractivity contribution in [3.8, 4) is 0 Å². The van der Waals surface area contributed by atoms with Crippen LogP contribution in [0.4, 0.5) is 0 Å². The van der Waals surface area contributed by atoms with Crippen molar-refractivity contribution in [2.45, 2.75) is 0 Å². The van der Waals surface area contributed by atoms with Crippen LogP contribution in [-0.4, -0.2) is 37.9 Å². The van der Waals surface area contributed by atoms with Gasteiger partial charge < -0.3 is 16.0 Å². The number of hydrogen-bond acceptors (Lipinski definition) is 3. The summed E-state index contributed by atoms with van der Waals surface area (Å²) >= 11 is 3.26. The van der Waals surface area contributed by atoms with Crippen LogP contribution < -0.4 is 16.0 Å². The molecule has 3 N–H and O–H groups in total. The van der Waals surface area contributed by atoms with E-state index in [-0.39, 0.29) is 24.9 Å². The molecule has 0 saturated heterocycles. The summed E-state index contributed by atoms with van der Waals surface area (Å²) in [6.45, 7) is -0.287. The Hall–Kier alpha value is -1.89. The van der Waals surface area contributed by atoms with Crippen LogP contribution in [-0.2, 0) is 9.59 Å². The summed E-state index contributed by atoms with van der Waals surface area (Å²) in [6.07, 6.45) is 0. The van der Waals surface area contributed by atoms with Crippen molar-refractivity contribution in [3.63, 3.8) is 0 Å². The topological polar surface area (TPSA) is 87.3 Å². The first-order valence-corrected chi connectivity index (χ1v) is 6.33. The summed E-state index contributed by atoms with van der Waals surface area (Å²) in [5.74, 6) is -1.07. The lowest BCUT2D eigenvalue weighted by Gasteiger charge is -2.06. The average molecular weight is 328 g/mol. The Morgan fingerprint density at radius 2 is 1.79 bits per heavy atom. The van der Waals surface area contributed by atoms with Gasteiger partial charge in [0, 0.05) is 17.1 Å². The molecule has 6 nitrogen and oxygen atoms in total. The zero-order chi connectivity index (χ0) is 14.3. The van der Waals surface area contributed by atoms with Gasteiger partial charge in [0.2, 0.25) is 11.8 Å². The number of nitrogens with one attached hydrogen (secondary N) is 3. The van der Waals surface area contributed by atoms with Crippen LogP contribution in [0, 0.1) is 0 Å². The third-order valence-electron chi connectivity index (χ3n) is 2.22. The minimum absolute atomic E-state index is 0.109. The van der Waals surface area contributed by atoms with Crippen molar-refractivity contribution in [1.29, 1.82) is 0 Å². The van der Waals surface area contributed by atoms with Gasteiger partial charge in [-0.2, -0.15) is 0 Å². The maximum atomic E-state index is 11.7. The Kier molecular flexibility index (Phi) is 6.01. The Morgan fingerprint density at radius 1 is 1.11 bits per heavy atom. The van der Waals surface area contributed by atoms with Crippen LogP contribution in [0.25, 0.3) is 0 Å². The van der Waals surface area contributed by atoms with Gasteiger partial charge in [0.15, 0.2) is 0 Å². The van der Waals surface area contributed by atoms with Crippen LogP contribution in [0.5, 0.6) is 0 Å². The van der Waals surface area contributed by atoms with E-state index in [1.807, 2.05) is 0 Å². The molecular weight excluding hydrogens is 314 g/mol. The number of likely N-dealkylation sites (N-methyl/N-ethyl adjacent to an activating group) is 1. The Balaban J connectivity index is 2.38. The summed E-state index contributed by atoms with van der Waals surface area (Å²) in [6, 6.07) is 6.82. The van der Waals surface area contributed by atoms with Crippen LogP contribution >= 0.6 is 15.9 Å². The molecule has 0 atom stereocenters. The number of halogens is 1. The number of rotatable bonds is 5. The van der Waals surface area contributed by atoms with Crippen molar-refractivity contribution < 1.29 is 14.4 Å². The number of carbonyl (C=O) groups excluding carboxylic acids is 3. The van der Waals surface area contributed by atoms with Crippen molar-refractivity contribution in [1.82, 2.24) is 16.0 Å². The van der Waals surface area contributed by atoms with Crippen LogP contribution in [0.1, 0.15) is 10.4 Å². The van der Waals surface area contributed by atoms with Gasteiger partial charge in [0.1, 0.15) is 0 Å². The lowest BCUT2D eigenvalue weighted by atomic mass is 10.2. The van der Waals surface area contributed by atoms with E-state index in [2.05, 4.69) is 31.9 Å². The Bertz CT molecular complexity index is 491. The zero-order valence-corrected chi connectivity index (χ0v) is 11.9. The van der Waals surface area contributed by atoms with Gasteiger partial charge in [-0.15, -0.1) is 0 Å². The summed E-state index contributed by atoms with van der Waals surface area (Å²) in [7, 11) is 1.48. The highest BCUT2D eigenvalue weighted by molar-refractivity contribution is 9.10. The molecule has 0 unspecified atom stereocenters. The lowest BCUT2D eigenvalue weighted by Crippen LogP contribution is -2.41. The van der Waals surface area contributed by atoms with Gasteiger partial charge in [-0.1, -0.05) is 22.0 Å². The van der Waals surface area contributed by atoms with E-state index in [1.54, 1.807) is 24.3 Å². The zero-order valence-electron chi connectivity index (χ0n) is 10.3. The molecule has 0 fully saturated rings. The summed E-state index contributed by atoms with van der Waals surface area (Å²) in [5.41, 5.74) is 0.452. The van der Waals surface area contributed by atoms with Gasteiger partial charge in [0.05, 0.1) is 13.1 Å². The SMILES string of the molecule is CNC(=O)CNC(=O)CNC(=O)c1cccc(Br)c1. The van der Waals surface area contributed by atoms with E-state index >= 15 is 0 Å². The van der Waals surface area contributed by atoms with Crippen LogP contribution in [0.2, 0.25) is 0 Å². The molecule has 0 aliphatic carbocycles. The first kappa shape index (κ1) is 15.2. The molecule has 1 aromatic carbocycles. The minimum atomic E-state index is -0.424. The van der Waals surface area contributed by atoms with Crippen molar-refractivity contribution >= 4 is 33.7 Å². The summed E-state index contributed by atoms with van der Waals surface area (Å²) in [4.78, 5) is 34.0. The number of amides is 3. The second kappa shape index (κ2) is 7.52. The average Bonchev–Trinajstić information content (AvgIpc) is 2.41. The van der Waals surface area contributed by atoms with Gasteiger partial charge in [-0.05, 0) is 18.2 Å².